The van der Waals surface area contributed by atoms with Crippen LogP contribution >= 0.6 is 27.5 Å². The maximum Gasteiger partial charge on any atom is 0.150 e. The third-order valence-electron chi connectivity index (χ3n) is 1.87. The van der Waals surface area contributed by atoms with Gasteiger partial charge in [0.1, 0.15) is 0 Å². The molecule has 16 heavy (non-hydrogen) atoms. The Bertz CT molecular complexity index is 406. The van der Waals surface area contributed by atoms with Gasteiger partial charge in [-0.1, -0.05) is 11.6 Å². The lowest BCUT2D eigenvalue weighted by Crippen LogP contribution is -2.12. The fourth-order valence-corrected chi connectivity index (χ4v) is 1.82. The Morgan fingerprint density at radius 1 is 1.56 bits per heavy atom. The molecule has 0 unspecified atom stereocenters. The number of halogens is 2. The molecule has 0 spiro atoms. The van der Waals surface area contributed by atoms with Crippen LogP contribution < -0.4 is 5.32 Å². The number of nitrogens with one attached hydrogen (secondary N) is 2. The van der Waals surface area contributed by atoms with Gasteiger partial charge in [-0.25, -0.2) is 4.98 Å². The second-order valence-electron chi connectivity index (χ2n) is 2.98. The molecule has 0 saturated heterocycles. The van der Waals surface area contributed by atoms with Crippen molar-refractivity contribution in [1.29, 1.82) is 5.41 Å². The quantitative estimate of drug-likeness (QED) is 0.649. The molecular weight excluding hydrogens is 291 g/mol. The average Bonchev–Trinajstić information content (AvgIpc) is 2.28. The predicted molar refractivity (Wildman–Crippen MR) is 69.2 cm³/mol. The average molecular weight is 304 g/mol. The molecule has 6 heteroatoms. The third kappa shape index (κ3) is 3.57. The summed E-state index contributed by atoms with van der Waals surface area (Å²) < 4.78 is 0.784. The molecule has 1 heterocycles. The van der Waals surface area contributed by atoms with E-state index in [1.807, 2.05) is 6.92 Å². The molecule has 0 radical (unpaired) electrons. The maximum atomic E-state index is 7.34. The standard InChI is InChI=1S/C10H12BrClN4/c1-2-14-9(11)7(6-13)5-8-10(12)16-4-3-15-8/h3-4,6,13-14H,2,5H2,1H3/b9-7-,13-6?. The van der Waals surface area contributed by atoms with Crippen molar-refractivity contribution in [3.8, 4) is 0 Å². The van der Waals surface area contributed by atoms with Gasteiger partial charge in [-0.15, -0.1) is 0 Å². The molecular formula is C10H12BrClN4. The van der Waals surface area contributed by atoms with E-state index in [0.717, 1.165) is 16.7 Å². The van der Waals surface area contributed by atoms with Crippen LogP contribution in [0.5, 0.6) is 0 Å². The Balaban J connectivity index is 2.90. The molecule has 1 rings (SSSR count). The van der Waals surface area contributed by atoms with E-state index in [2.05, 4.69) is 31.2 Å². The Kier molecular flexibility index (Phi) is 5.42. The zero-order chi connectivity index (χ0) is 12.0. The normalized spacial score (nSPS) is 11.9. The van der Waals surface area contributed by atoms with Gasteiger partial charge in [-0.05, 0) is 22.9 Å². The van der Waals surface area contributed by atoms with Crippen LogP contribution in [0.1, 0.15) is 12.6 Å². The largest absolute Gasteiger partial charge is 0.379 e. The lowest BCUT2D eigenvalue weighted by atomic mass is 10.2. The minimum absolute atomic E-state index is 0.374. The van der Waals surface area contributed by atoms with Crippen molar-refractivity contribution in [2.45, 2.75) is 13.3 Å². The molecule has 1 aromatic rings. The summed E-state index contributed by atoms with van der Waals surface area (Å²) in [6, 6.07) is 0. The first kappa shape index (κ1) is 13.1. The van der Waals surface area contributed by atoms with E-state index in [-0.39, 0.29) is 0 Å². The second-order valence-corrected chi connectivity index (χ2v) is 4.14. The zero-order valence-electron chi connectivity index (χ0n) is 8.80. The smallest absolute Gasteiger partial charge is 0.150 e. The van der Waals surface area contributed by atoms with E-state index >= 15 is 0 Å². The SMILES string of the molecule is CCN/C(Br)=C(\C=N)Cc1nccnc1Cl. The molecule has 0 atom stereocenters. The van der Waals surface area contributed by atoms with Gasteiger partial charge < -0.3 is 10.7 Å². The number of hydrogen-bond donors (Lipinski definition) is 2. The van der Waals surface area contributed by atoms with Crippen LogP contribution in [-0.4, -0.2) is 22.7 Å². The topological polar surface area (TPSA) is 61.7 Å². The van der Waals surface area contributed by atoms with Gasteiger partial charge >= 0.3 is 0 Å². The molecule has 0 aliphatic carbocycles. The molecule has 86 valence electrons. The molecule has 4 nitrogen and oxygen atoms in total. The van der Waals surface area contributed by atoms with Gasteiger partial charge in [0.25, 0.3) is 0 Å². The van der Waals surface area contributed by atoms with E-state index in [9.17, 15) is 0 Å². The van der Waals surface area contributed by atoms with Crippen LogP contribution in [0.4, 0.5) is 0 Å². The van der Waals surface area contributed by atoms with Crippen LogP contribution in [0.3, 0.4) is 0 Å². The summed E-state index contributed by atoms with van der Waals surface area (Å²) in [4.78, 5) is 8.07. The van der Waals surface area contributed by atoms with E-state index in [0.29, 0.717) is 17.3 Å². The molecule has 0 saturated carbocycles. The van der Waals surface area contributed by atoms with E-state index in [4.69, 9.17) is 17.0 Å². The summed E-state index contributed by atoms with van der Waals surface area (Å²) in [5.41, 5.74) is 1.45. The lowest BCUT2D eigenvalue weighted by molar-refractivity contribution is 0.892. The van der Waals surface area contributed by atoms with Crippen LogP contribution in [0, 0.1) is 5.41 Å². The summed E-state index contributed by atoms with van der Waals surface area (Å²) in [6.45, 7) is 2.77. The van der Waals surface area contributed by atoms with Crippen molar-refractivity contribution in [2.75, 3.05) is 6.54 Å². The highest BCUT2D eigenvalue weighted by Crippen LogP contribution is 2.16. The Morgan fingerprint density at radius 2 is 2.25 bits per heavy atom. The first-order valence-electron chi connectivity index (χ1n) is 4.77. The van der Waals surface area contributed by atoms with Crippen LogP contribution in [0.2, 0.25) is 5.15 Å². The van der Waals surface area contributed by atoms with Crippen molar-refractivity contribution in [3.05, 3.63) is 33.4 Å². The number of rotatable bonds is 5. The second kappa shape index (κ2) is 6.60. The number of nitrogens with zero attached hydrogens (tertiary/aromatic N) is 2. The summed E-state index contributed by atoms with van der Waals surface area (Å²) in [5, 5.41) is 10.8. The molecule has 0 aliphatic rings. The van der Waals surface area contributed by atoms with Crippen molar-refractivity contribution < 1.29 is 0 Å². The molecule has 0 bridgehead atoms. The molecule has 1 aromatic heterocycles. The predicted octanol–water partition coefficient (Wildman–Crippen LogP) is 2.54. The number of allylic oxidation sites excluding steroid dienone is 1. The molecule has 2 N–H and O–H groups in total. The number of aromatic nitrogens is 2. The molecule has 0 amide bonds. The van der Waals surface area contributed by atoms with Crippen LogP contribution in [-0.2, 0) is 6.42 Å². The Morgan fingerprint density at radius 3 is 2.81 bits per heavy atom. The first-order valence-corrected chi connectivity index (χ1v) is 5.94. The van der Waals surface area contributed by atoms with E-state index in [1.54, 1.807) is 12.4 Å². The lowest BCUT2D eigenvalue weighted by Gasteiger charge is -2.07. The molecule has 0 fully saturated rings. The summed E-state index contributed by atoms with van der Waals surface area (Å²) in [5.74, 6) is 0. The third-order valence-corrected chi connectivity index (χ3v) is 2.97. The minimum atomic E-state index is 0.374. The Hall–Kier alpha value is -0.940. The van der Waals surface area contributed by atoms with Crippen LogP contribution in [0.15, 0.2) is 22.6 Å². The molecule has 0 aromatic carbocycles. The zero-order valence-corrected chi connectivity index (χ0v) is 11.1. The summed E-state index contributed by atoms with van der Waals surface area (Å²) >= 11 is 9.27. The van der Waals surface area contributed by atoms with Crippen molar-refractivity contribution in [2.24, 2.45) is 0 Å². The van der Waals surface area contributed by atoms with Gasteiger partial charge in [-0.2, -0.15) is 0 Å². The monoisotopic (exact) mass is 302 g/mol. The maximum absolute atomic E-state index is 7.34. The van der Waals surface area contributed by atoms with Crippen molar-refractivity contribution >= 4 is 33.7 Å². The van der Waals surface area contributed by atoms with Crippen molar-refractivity contribution in [1.82, 2.24) is 15.3 Å². The van der Waals surface area contributed by atoms with Crippen molar-refractivity contribution in [3.63, 3.8) is 0 Å². The summed E-state index contributed by atoms with van der Waals surface area (Å²) in [6.07, 6.45) is 4.88. The van der Waals surface area contributed by atoms with E-state index in [1.165, 1.54) is 6.21 Å². The minimum Gasteiger partial charge on any atom is -0.379 e. The van der Waals surface area contributed by atoms with Gasteiger partial charge in [0.05, 0.1) is 10.3 Å². The van der Waals surface area contributed by atoms with Gasteiger partial charge in [0.15, 0.2) is 5.15 Å². The highest BCUT2D eigenvalue weighted by molar-refractivity contribution is 9.11. The summed E-state index contributed by atoms with van der Waals surface area (Å²) in [7, 11) is 0. The van der Waals surface area contributed by atoms with Gasteiger partial charge in [-0.3, -0.25) is 4.98 Å². The first-order chi connectivity index (χ1) is 7.69. The highest BCUT2D eigenvalue weighted by atomic mass is 79.9. The van der Waals surface area contributed by atoms with E-state index < -0.39 is 0 Å². The Labute approximate surface area is 108 Å². The fourth-order valence-electron chi connectivity index (χ4n) is 1.11. The molecule has 0 aliphatic heterocycles. The van der Waals surface area contributed by atoms with Gasteiger partial charge in [0, 0.05) is 37.1 Å². The number of hydrogen-bond acceptors (Lipinski definition) is 4. The van der Waals surface area contributed by atoms with Gasteiger partial charge in [0.2, 0.25) is 0 Å². The fraction of sp³-hybridized carbons (Fsp3) is 0.300. The van der Waals surface area contributed by atoms with Crippen LogP contribution in [0.25, 0.3) is 0 Å². The highest BCUT2D eigenvalue weighted by Gasteiger charge is 2.07.